The van der Waals surface area contributed by atoms with E-state index in [-0.39, 0.29) is 18.1 Å². The molecule has 1 aliphatic rings. The van der Waals surface area contributed by atoms with Crippen molar-refractivity contribution in [3.05, 3.63) is 51.3 Å². The molecule has 0 bridgehead atoms. The first kappa shape index (κ1) is 18.3. The topological polar surface area (TPSA) is 48.5 Å². The molecule has 0 radical (unpaired) electrons. The summed E-state index contributed by atoms with van der Waals surface area (Å²) in [7, 11) is 0. The second kappa shape index (κ2) is 8.25. The maximum Gasteiger partial charge on any atom is 0.238 e. The van der Waals surface area contributed by atoms with E-state index in [1.165, 1.54) is 6.07 Å². The van der Waals surface area contributed by atoms with E-state index in [0.29, 0.717) is 4.47 Å². The van der Waals surface area contributed by atoms with Crippen LogP contribution in [0.15, 0.2) is 45.5 Å². The highest BCUT2D eigenvalue weighted by atomic mass is 79.9. The molecule has 0 atom stereocenters. The van der Waals surface area contributed by atoms with Gasteiger partial charge in [-0.05, 0) is 46.3 Å². The molecule has 1 amide bonds. The standard InChI is InChI=1S/C17H17Br2FN4O/c18-12-1-3-15(14(20)9-12)22-17(25)11-23-5-7-24(8-6-23)16-4-2-13(19)10-21-16/h1-4,9-10H,5-8,11H2,(H,22,25). The number of nitrogens with zero attached hydrogens (tertiary/aromatic N) is 3. The quantitative estimate of drug-likeness (QED) is 0.741. The van der Waals surface area contributed by atoms with Crippen LogP contribution < -0.4 is 10.2 Å². The van der Waals surface area contributed by atoms with Crippen LogP contribution in [0, 0.1) is 5.82 Å². The first-order valence-corrected chi connectivity index (χ1v) is 9.43. The van der Waals surface area contributed by atoms with Crippen molar-refractivity contribution in [3.8, 4) is 0 Å². The molecule has 1 saturated heterocycles. The number of aromatic nitrogens is 1. The second-order valence-electron chi connectivity index (χ2n) is 5.77. The number of halogens is 3. The molecule has 2 heterocycles. The van der Waals surface area contributed by atoms with E-state index in [0.717, 1.165) is 36.5 Å². The minimum Gasteiger partial charge on any atom is -0.354 e. The van der Waals surface area contributed by atoms with Crippen molar-refractivity contribution in [2.24, 2.45) is 0 Å². The molecule has 1 aliphatic heterocycles. The third kappa shape index (κ3) is 4.99. The highest BCUT2D eigenvalue weighted by molar-refractivity contribution is 9.10. The average Bonchev–Trinajstić information content (AvgIpc) is 2.59. The Morgan fingerprint density at radius 3 is 2.48 bits per heavy atom. The van der Waals surface area contributed by atoms with Crippen molar-refractivity contribution >= 4 is 49.3 Å². The fraction of sp³-hybridized carbons (Fsp3) is 0.294. The Morgan fingerprint density at radius 1 is 1.12 bits per heavy atom. The Balaban J connectivity index is 1.50. The summed E-state index contributed by atoms with van der Waals surface area (Å²) < 4.78 is 15.4. The van der Waals surface area contributed by atoms with Crippen LogP contribution in [-0.4, -0.2) is 48.5 Å². The molecule has 0 saturated carbocycles. The summed E-state index contributed by atoms with van der Waals surface area (Å²) >= 11 is 6.58. The first-order chi connectivity index (χ1) is 12.0. The largest absolute Gasteiger partial charge is 0.354 e. The molecule has 0 unspecified atom stereocenters. The molecule has 0 aliphatic carbocycles. The van der Waals surface area contributed by atoms with Gasteiger partial charge in [-0.3, -0.25) is 9.69 Å². The molecule has 2 aromatic rings. The lowest BCUT2D eigenvalue weighted by Crippen LogP contribution is -2.48. The zero-order valence-electron chi connectivity index (χ0n) is 13.4. The minimum atomic E-state index is -0.450. The third-order valence-electron chi connectivity index (χ3n) is 3.98. The SMILES string of the molecule is O=C(CN1CCN(c2ccc(Br)cn2)CC1)Nc1ccc(Br)cc1F. The van der Waals surface area contributed by atoms with Gasteiger partial charge in [-0.1, -0.05) is 15.9 Å². The van der Waals surface area contributed by atoms with Crippen molar-refractivity contribution in [2.75, 3.05) is 42.9 Å². The van der Waals surface area contributed by atoms with E-state index in [4.69, 9.17) is 0 Å². The Kier molecular flexibility index (Phi) is 6.03. The third-order valence-corrected chi connectivity index (χ3v) is 4.94. The van der Waals surface area contributed by atoms with E-state index in [1.807, 2.05) is 12.1 Å². The van der Waals surface area contributed by atoms with Crippen LogP contribution in [0.3, 0.4) is 0 Å². The number of pyridine rings is 1. The summed E-state index contributed by atoms with van der Waals surface area (Å²) in [4.78, 5) is 20.8. The number of carbonyl (C=O) groups excluding carboxylic acids is 1. The number of hydrogen-bond acceptors (Lipinski definition) is 4. The van der Waals surface area contributed by atoms with E-state index in [2.05, 4.69) is 52.0 Å². The summed E-state index contributed by atoms with van der Waals surface area (Å²) in [5.74, 6) is 0.273. The molecular weight excluding hydrogens is 455 g/mol. The van der Waals surface area contributed by atoms with Gasteiger partial charge in [0, 0.05) is 41.3 Å². The normalized spacial score (nSPS) is 15.2. The van der Waals surface area contributed by atoms with Gasteiger partial charge in [0.05, 0.1) is 12.2 Å². The fourth-order valence-electron chi connectivity index (χ4n) is 2.67. The molecule has 1 fully saturated rings. The number of anilines is 2. The van der Waals surface area contributed by atoms with E-state index in [9.17, 15) is 9.18 Å². The van der Waals surface area contributed by atoms with E-state index < -0.39 is 5.82 Å². The lowest BCUT2D eigenvalue weighted by molar-refractivity contribution is -0.117. The Labute approximate surface area is 162 Å². The molecule has 1 aromatic carbocycles. The number of amides is 1. The molecule has 1 N–H and O–H groups in total. The van der Waals surface area contributed by atoms with Gasteiger partial charge in [-0.2, -0.15) is 0 Å². The van der Waals surface area contributed by atoms with Crippen LogP contribution in [0.5, 0.6) is 0 Å². The second-order valence-corrected chi connectivity index (χ2v) is 7.60. The number of nitrogens with one attached hydrogen (secondary N) is 1. The molecule has 132 valence electrons. The number of hydrogen-bond donors (Lipinski definition) is 1. The van der Waals surface area contributed by atoms with Crippen LogP contribution in [0.2, 0.25) is 0 Å². The number of carbonyl (C=O) groups is 1. The summed E-state index contributed by atoms with van der Waals surface area (Å²) in [5.41, 5.74) is 0.200. The predicted molar refractivity (Wildman–Crippen MR) is 103 cm³/mol. The van der Waals surface area contributed by atoms with Crippen LogP contribution in [0.1, 0.15) is 0 Å². The van der Waals surface area contributed by atoms with Gasteiger partial charge in [0.1, 0.15) is 11.6 Å². The van der Waals surface area contributed by atoms with Gasteiger partial charge in [0.15, 0.2) is 0 Å². The monoisotopic (exact) mass is 470 g/mol. The Morgan fingerprint density at radius 2 is 1.84 bits per heavy atom. The van der Waals surface area contributed by atoms with Crippen LogP contribution in [-0.2, 0) is 4.79 Å². The molecule has 3 rings (SSSR count). The summed E-state index contributed by atoms with van der Waals surface area (Å²) in [6, 6.07) is 8.52. The van der Waals surface area contributed by atoms with Gasteiger partial charge < -0.3 is 10.2 Å². The lowest BCUT2D eigenvalue weighted by Gasteiger charge is -2.35. The van der Waals surface area contributed by atoms with E-state index >= 15 is 0 Å². The maximum atomic E-state index is 13.8. The van der Waals surface area contributed by atoms with Gasteiger partial charge in [-0.25, -0.2) is 9.37 Å². The minimum absolute atomic E-state index is 0.200. The van der Waals surface area contributed by atoms with Crippen LogP contribution >= 0.6 is 31.9 Å². The lowest BCUT2D eigenvalue weighted by atomic mass is 10.3. The molecular formula is C17H17Br2FN4O. The molecule has 8 heteroatoms. The highest BCUT2D eigenvalue weighted by Gasteiger charge is 2.20. The molecule has 0 spiro atoms. The van der Waals surface area contributed by atoms with Crippen molar-refractivity contribution in [3.63, 3.8) is 0 Å². The summed E-state index contributed by atoms with van der Waals surface area (Å²) in [6.45, 7) is 3.36. The number of benzene rings is 1. The van der Waals surface area contributed by atoms with Gasteiger partial charge in [-0.15, -0.1) is 0 Å². The zero-order valence-corrected chi connectivity index (χ0v) is 16.6. The van der Waals surface area contributed by atoms with Crippen molar-refractivity contribution in [2.45, 2.75) is 0 Å². The molecule has 25 heavy (non-hydrogen) atoms. The maximum absolute atomic E-state index is 13.8. The van der Waals surface area contributed by atoms with Crippen LogP contribution in [0.4, 0.5) is 15.9 Å². The number of piperazine rings is 1. The van der Waals surface area contributed by atoms with Gasteiger partial charge in [0.25, 0.3) is 0 Å². The Bertz CT molecular complexity index is 749. The smallest absolute Gasteiger partial charge is 0.238 e. The molecule has 1 aromatic heterocycles. The first-order valence-electron chi connectivity index (χ1n) is 7.85. The van der Waals surface area contributed by atoms with Gasteiger partial charge >= 0.3 is 0 Å². The Hall–Kier alpha value is -1.51. The zero-order chi connectivity index (χ0) is 17.8. The summed E-state index contributed by atoms with van der Waals surface area (Å²) in [5, 5.41) is 2.63. The summed E-state index contributed by atoms with van der Waals surface area (Å²) in [6.07, 6.45) is 1.78. The van der Waals surface area contributed by atoms with Crippen molar-refractivity contribution in [1.82, 2.24) is 9.88 Å². The van der Waals surface area contributed by atoms with Crippen molar-refractivity contribution < 1.29 is 9.18 Å². The highest BCUT2D eigenvalue weighted by Crippen LogP contribution is 2.20. The molecule has 5 nitrogen and oxygen atoms in total. The number of rotatable bonds is 4. The van der Waals surface area contributed by atoms with Crippen molar-refractivity contribution in [1.29, 1.82) is 0 Å². The van der Waals surface area contributed by atoms with E-state index in [1.54, 1.807) is 18.3 Å². The van der Waals surface area contributed by atoms with Crippen LogP contribution in [0.25, 0.3) is 0 Å². The average molecular weight is 472 g/mol. The fourth-order valence-corrected chi connectivity index (χ4v) is 3.24. The predicted octanol–water partition coefficient (Wildman–Crippen LogP) is 3.51. The van der Waals surface area contributed by atoms with Gasteiger partial charge in [0.2, 0.25) is 5.91 Å².